The van der Waals surface area contributed by atoms with Gasteiger partial charge in [-0.2, -0.15) is 0 Å². The third-order valence-corrected chi connectivity index (χ3v) is 8.78. The number of aryl methyl sites for hydroxylation is 2. The number of pyridine rings is 1. The van der Waals surface area contributed by atoms with Crippen molar-refractivity contribution in [3.05, 3.63) is 23.7 Å². The molecule has 2 N–H and O–H groups in total. The molecule has 3 aliphatic rings. The summed E-state index contributed by atoms with van der Waals surface area (Å²) in [5.74, 6) is 0.118. The molecule has 8 nitrogen and oxygen atoms in total. The fourth-order valence-corrected chi connectivity index (χ4v) is 6.93. The Kier molecular flexibility index (Phi) is 5.20. The molecule has 180 valence electrons. The Morgan fingerprint density at radius 3 is 2.59 bits per heavy atom. The summed E-state index contributed by atoms with van der Waals surface area (Å²) in [5.41, 5.74) is 2.96. The summed E-state index contributed by atoms with van der Waals surface area (Å²) in [7, 11) is 0. The van der Waals surface area contributed by atoms with Crippen LogP contribution in [0.2, 0.25) is 0 Å². The van der Waals surface area contributed by atoms with E-state index < -0.39 is 11.4 Å². The van der Waals surface area contributed by atoms with E-state index in [4.69, 9.17) is 24.4 Å². The van der Waals surface area contributed by atoms with Gasteiger partial charge in [0.05, 0.1) is 39.4 Å². The number of nitrogens with zero attached hydrogens (tertiary/aromatic N) is 4. The largest absolute Gasteiger partial charge is 0.389 e. The number of hydrogen-bond donors (Lipinski definition) is 2. The van der Waals surface area contributed by atoms with E-state index in [1.165, 1.54) is 11.8 Å². The molecular weight excluding hydrogens is 470 g/mol. The van der Waals surface area contributed by atoms with Crippen LogP contribution in [-0.2, 0) is 9.47 Å². The maximum absolute atomic E-state index is 11.0. The van der Waals surface area contributed by atoms with Gasteiger partial charge >= 0.3 is 0 Å². The van der Waals surface area contributed by atoms with Crippen molar-refractivity contribution in [2.75, 3.05) is 11.6 Å². The SMILES string of the molecule is CSc1nc(C)c(-c2nc3c(C)nccc3s2)c(N[C@@H]2C[C@H](C3(O)CC3)[C@H]3OC(C)(C)O[C@H]32)n1. The first-order valence-corrected chi connectivity index (χ1v) is 13.7. The van der Waals surface area contributed by atoms with Crippen LogP contribution in [0.3, 0.4) is 0 Å². The van der Waals surface area contributed by atoms with Crippen LogP contribution in [0.5, 0.6) is 0 Å². The Balaban J connectivity index is 1.41. The lowest BCUT2D eigenvalue weighted by Crippen LogP contribution is -2.35. The molecule has 1 saturated heterocycles. The average molecular weight is 500 g/mol. The van der Waals surface area contributed by atoms with E-state index in [1.54, 1.807) is 11.3 Å². The number of thioether (sulfide) groups is 1. The van der Waals surface area contributed by atoms with Crippen LogP contribution in [0.1, 0.15) is 44.5 Å². The van der Waals surface area contributed by atoms with Crippen LogP contribution in [0.15, 0.2) is 17.4 Å². The number of aliphatic hydroxyl groups is 1. The van der Waals surface area contributed by atoms with Crippen LogP contribution in [0.4, 0.5) is 5.82 Å². The Bertz CT molecular complexity index is 1270. The van der Waals surface area contributed by atoms with Crippen LogP contribution >= 0.6 is 23.1 Å². The van der Waals surface area contributed by atoms with Crippen LogP contribution in [0, 0.1) is 19.8 Å². The van der Waals surface area contributed by atoms with E-state index in [0.717, 1.165) is 57.3 Å². The summed E-state index contributed by atoms with van der Waals surface area (Å²) in [6.45, 7) is 7.87. The second-order valence-electron chi connectivity index (χ2n) is 10.0. The maximum atomic E-state index is 11.0. The number of rotatable bonds is 5. The Morgan fingerprint density at radius 2 is 1.88 bits per heavy atom. The van der Waals surface area contributed by atoms with Gasteiger partial charge in [-0.15, -0.1) is 11.3 Å². The van der Waals surface area contributed by atoms with Crippen molar-refractivity contribution >= 4 is 39.1 Å². The summed E-state index contributed by atoms with van der Waals surface area (Å²) in [6.07, 6.45) is 5.91. The molecule has 0 aromatic carbocycles. The highest BCUT2D eigenvalue weighted by Crippen LogP contribution is 2.54. The molecule has 3 aromatic rings. The number of anilines is 1. The summed E-state index contributed by atoms with van der Waals surface area (Å²) in [4.78, 5) is 18.9. The Hall–Kier alpha value is -1.85. The van der Waals surface area contributed by atoms with Crippen molar-refractivity contribution in [1.82, 2.24) is 19.9 Å². The number of aromatic nitrogens is 4. The van der Waals surface area contributed by atoms with E-state index >= 15 is 0 Å². The molecular formula is C24H29N5O3S2. The summed E-state index contributed by atoms with van der Waals surface area (Å²) < 4.78 is 13.7. The topological polar surface area (TPSA) is 102 Å². The normalized spacial score (nSPS) is 28.9. The van der Waals surface area contributed by atoms with Crippen LogP contribution in [0.25, 0.3) is 20.8 Å². The van der Waals surface area contributed by atoms with Gasteiger partial charge in [-0.3, -0.25) is 4.98 Å². The van der Waals surface area contributed by atoms with E-state index in [9.17, 15) is 5.11 Å². The van der Waals surface area contributed by atoms with Gasteiger partial charge in [0.2, 0.25) is 0 Å². The highest BCUT2D eigenvalue weighted by molar-refractivity contribution is 7.98. The maximum Gasteiger partial charge on any atom is 0.189 e. The third-order valence-electron chi connectivity index (χ3n) is 7.20. The summed E-state index contributed by atoms with van der Waals surface area (Å²) in [5, 5.41) is 16.3. The van der Waals surface area contributed by atoms with E-state index in [2.05, 4.69) is 10.3 Å². The lowest BCUT2D eigenvalue weighted by molar-refractivity contribution is -0.163. The molecule has 0 amide bonds. The molecule has 6 rings (SSSR count). The second-order valence-corrected chi connectivity index (χ2v) is 11.8. The van der Waals surface area contributed by atoms with Gasteiger partial charge in [0.25, 0.3) is 0 Å². The number of fused-ring (bicyclic) bond motifs is 2. The monoisotopic (exact) mass is 499 g/mol. The molecule has 0 spiro atoms. The first-order chi connectivity index (χ1) is 16.2. The molecule has 0 bridgehead atoms. The van der Waals surface area contributed by atoms with Gasteiger partial charge in [0.1, 0.15) is 22.4 Å². The third kappa shape index (κ3) is 3.71. The molecule has 0 unspecified atom stereocenters. The highest BCUT2D eigenvalue weighted by atomic mass is 32.2. The average Bonchev–Trinajstić information content (AvgIpc) is 3.10. The number of thiazole rings is 1. The smallest absolute Gasteiger partial charge is 0.189 e. The van der Waals surface area contributed by atoms with Crippen molar-refractivity contribution in [2.24, 2.45) is 5.92 Å². The lowest BCUT2D eigenvalue weighted by Gasteiger charge is -2.26. The number of hydrogen-bond acceptors (Lipinski definition) is 10. The Labute approximate surface area is 206 Å². The fraction of sp³-hybridized carbons (Fsp3) is 0.583. The number of nitrogens with one attached hydrogen (secondary N) is 1. The molecule has 1 aliphatic heterocycles. The predicted molar refractivity (Wildman–Crippen MR) is 133 cm³/mol. The van der Waals surface area contributed by atoms with E-state index in [1.807, 2.05) is 46.2 Å². The number of ether oxygens (including phenoxy) is 2. The zero-order chi connectivity index (χ0) is 23.8. The molecule has 10 heteroatoms. The van der Waals surface area contributed by atoms with Gasteiger partial charge in [-0.25, -0.2) is 15.0 Å². The molecule has 34 heavy (non-hydrogen) atoms. The minimum absolute atomic E-state index is 0.0399. The predicted octanol–water partition coefficient (Wildman–Crippen LogP) is 4.33. The minimum Gasteiger partial charge on any atom is -0.389 e. The van der Waals surface area contributed by atoms with E-state index in [-0.39, 0.29) is 24.2 Å². The minimum atomic E-state index is -0.675. The van der Waals surface area contributed by atoms with Crippen molar-refractivity contribution in [1.29, 1.82) is 0 Å². The Morgan fingerprint density at radius 1 is 1.12 bits per heavy atom. The second kappa shape index (κ2) is 7.83. The van der Waals surface area contributed by atoms with Crippen LogP contribution < -0.4 is 5.32 Å². The zero-order valence-electron chi connectivity index (χ0n) is 20.0. The molecule has 4 heterocycles. The van der Waals surface area contributed by atoms with E-state index in [0.29, 0.717) is 5.16 Å². The first-order valence-electron chi connectivity index (χ1n) is 11.7. The molecule has 3 fully saturated rings. The standard InChI is InChI=1S/C24H29N5O3S2/c1-11-16(21-28-17-12(2)25-9-6-15(17)34-21)20(29-22(26-11)33-5)27-14-10-13(24(30)7-8-24)18-19(14)32-23(3,4)31-18/h6,9,13-14,18-19,30H,7-8,10H2,1-5H3,(H,26,27,29)/t13-,14+,18+,19-/m0/s1. The van der Waals surface area contributed by atoms with Gasteiger partial charge in [0.15, 0.2) is 10.9 Å². The fourth-order valence-electron chi connectivity index (χ4n) is 5.41. The van der Waals surface area contributed by atoms with Gasteiger partial charge in [0, 0.05) is 12.1 Å². The molecule has 4 atom stereocenters. The molecule has 2 aliphatic carbocycles. The van der Waals surface area contributed by atoms with Gasteiger partial charge < -0.3 is 19.9 Å². The highest BCUT2D eigenvalue weighted by Gasteiger charge is 2.62. The molecule has 0 radical (unpaired) electrons. The quantitative estimate of drug-likeness (QED) is 0.392. The molecule has 2 saturated carbocycles. The van der Waals surface area contributed by atoms with Crippen molar-refractivity contribution in [3.8, 4) is 10.6 Å². The first kappa shape index (κ1) is 22.6. The lowest BCUT2D eigenvalue weighted by atomic mass is 9.96. The summed E-state index contributed by atoms with van der Waals surface area (Å²) >= 11 is 3.14. The van der Waals surface area contributed by atoms with Crippen LogP contribution in [-0.4, -0.2) is 60.9 Å². The van der Waals surface area contributed by atoms with Gasteiger partial charge in [-0.05, 0) is 59.3 Å². The van der Waals surface area contributed by atoms with Crippen molar-refractivity contribution in [2.45, 2.75) is 81.8 Å². The van der Waals surface area contributed by atoms with Gasteiger partial charge in [-0.1, -0.05) is 11.8 Å². The zero-order valence-corrected chi connectivity index (χ0v) is 21.6. The van der Waals surface area contributed by atoms with Crippen molar-refractivity contribution in [3.63, 3.8) is 0 Å². The summed E-state index contributed by atoms with van der Waals surface area (Å²) in [6, 6.07) is 1.96. The molecule has 3 aromatic heterocycles. The van der Waals surface area contributed by atoms with Crippen molar-refractivity contribution < 1.29 is 14.6 Å².